The fourth-order valence-corrected chi connectivity index (χ4v) is 6.14. The van der Waals surface area contributed by atoms with Crippen LogP contribution in [0.25, 0.3) is 0 Å². The number of ether oxygens (including phenoxy) is 2. The molecule has 3 fully saturated rings. The van der Waals surface area contributed by atoms with E-state index in [9.17, 15) is 75.3 Å². The van der Waals surface area contributed by atoms with Crippen molar-refractivity contribution in [1.82, 2.24) is 0 Å². The van der Waals surface area contributed by atoms with Gasteiger partial charge in [-0.25, -0.2) is 9.13 Å². The normalized spacial score (nSPS) is 50.3. The highest BCUT2D eigenvalue weighted by atomic mass is 31.2. The van der Waals surface area contributed by atoms with Gasteiger partial charge in [0.2, 0.25) is 0 Å². The molecule has 248 valence electrons. The summed E-state index contributed by atoms with van der Waals surface area (Å²) >= 11 is 0. The minimum Gasteiger partial charge on any atom is -0.387 e. The van der Waals surface area contributed by atoms with Crippen LogP contribution in [0.2, 0.25) is 0 Å². The molecule has 2 saturated carbocycles. The molecule has 5 unspecified atom stereocenters. The molecule has 1 heterocycles. The van der Waals surface area contributed by atoms with E-state index in [4.69, 9.17) is 19.3 Å². The van der Waals surface area contributed by atoms with Crippen molar-refractivity contribution in [3.05, 3.63) is 0 Å². The second kappa shape index (κ2) is 13.6. The van der Waals surface area contributed by atoms with Gasteiger partial charge in [-0.3, -0.25) is 13.6 Å². The lowest BCUT2D eigenvalue weighted by atomic mass is 9.84. The van der Waals surface area contributed by atoms with Crippen molar-refractivity contribution in [3.63, 3.8) is 0 Å². The summed E-state index contributed by atoms with van der Waals surface area (Å²) in [7, 11) is -10.7. The third-order valence-electron chi connectivity index (χ3n) is 6.99. The van der Waals surface area contributed by atoms with Crippen molar-refractivity contribution in [3.8, 4) is 0 Å². The average molecular weight is 664 g/mol. The van der Waals surface area contributed by atoms with Gasteiger partial charge in [-0.05, 0) is 0 Å². The van der Waals surface area contributed by atoms with Gasteiger partial charge in [-0.2, -0.15) is 0 Å². The minimum absolute atomic E-state index is 1.18. The molecule has 0 aromatic rings. The predicted octanol–water partition coefficient (Wildman–Crippen LogP) is -8.57. The van der Waals surface area contributed by atoms with E-state index in [1.165, 1.54) is 0 Å². The van der Waals surface area contributed by atoms with Gasteiger partial charge in [0.05, 0.1) is 6.61 Å². The van der Waals surface area contributed by atoms with Gasteiger partial charge in [0.1, 0.15) is 97.7 Å². The van der Waals surface area contributed by atoms with Gasteiger partial charge in [0.15, 0.2) is 6.29 Å². The smallest absolute Gasteiger partial charge is 0.387 e. The molecule has 0 spiro atoms. The molecule has 1 saturated heterocycles. The first-order chi connectivity index (χ1) is 19.2. The van der Waals surface area contributed by atoms with Crippen molar-refractivity contribution in [2.45, 2.75) is 104 Å². The lowest BCUT2D eigenvalue weighted by molar-refractivity contribution is -0.338. The Morgan fingerprint density at radius 3 is 1.36 bits per heavy atom. The molecule has 0 aromatic heterocycles. The van der Waals surface area contributed by atoms with E-state index in [0.717, 1.165) is 0 Å². The summed E-state index contributed by atoms with van der Waals surface area (Å²) < 4.78 is 47.3. The minimum atomic E-state index is -5.38. The summed E-state index contributed by atoms with van der Waals surface area (Å²) in [6, 6.07) is 0. The van der Waals surface area contributed by atoms with Crippen molar-refractivity contribution >= 4 is 15.6 Å². The standard InChI is InChI=1S/C18H34O22P2/c19-3-2(1-36-42(34,35)40-17-8(24)6(22)5(21)7(23)9(17)25)37-18(14(30)4(3)20)38-15-10(26)12(28)16(13(29)11(15)27)39-41(31,32)33/h2-30H,1H2,(H,34,35)(H2,31,32,33)/t2-,3-,4+,5?,6-,7+,8-,9-,10-,11+,12-,13-,14+,15?,16?,17?,18-/m1/s1. The van der Waals surface area contributed by atoms with Crippen LogP contribution >= 0.6 is 15.6 Å². The maximum absolute atomic E-state index is 12.4. The second-order valence-corrected chi connectivity index (χ2v) is 12.5. The first-order valence-corrected chi connectivity index (χ1v) is 15.1. The molecular formula is C18H34O22P2. The largest absolute Gasteiger partial charge is 0.472 e. The molecule has 3 rings (SSSR count). The van der Waals surface area contributed by atoms with Crippen molar-refractivity contribution in [1.29, 1.82) is 0 Å². The van der Waals surface area contributed by atoms with E-state index in [2.05, 4.69) is 13.6 Å². The third-order valence-corrected chi connectivity index (χ3v) is 8.50. The fraction of sp³-hybridized carbons (Fsp3) is 1.00. The number of hydrogen-bond acceptors (Lipinski definition) is 19. The van der Waals surface area contributed by atoms with Gasteiger partial charge in [0.25, 0.3) is 0 Å². The highest BCUT2D eigenvalue weighted by Gasteiger charge is 2.55. The molecule has 0 aromatic carbocycles. The summed E-state index contributed by atoms with van der Waals surface area (Å²) in [4.78, 5) is 27.9. The molecule has 3 aliphatic rings. The van der Waals surface area contributed by atoms with Crippen LogP contribution < -0.4 is 0 Å². The molecule has 0 amide bonds. The lowest BCUT2D eigenvalue weighted by Crippen LogP contribution is -2.67. The molecule has 15 N–H and O–H groups in total. The molecule has 0 radical (unpaired) electrons. The Morgan fingerprint density at radius 2 is 0.881 bits per heavy atom. The van der Waals surface area contributed by atoms with Crippen LogP contribution in [-0.4, -0.2) is 187 Å². The lowest BCUT2D eigenvalue weighted by Gasteiger charge is -2.46. The Balaban J connectivity index is 1.68. The topological polar surface area (TPSA) is 384 Å². The van der Waals surface area contributed by atoms with E-state index in [-0.39, 0.29) is 0 Å². The van der Waals surface area contributed by atoms with E-state index < -0.39 is 126 Å². The summed E-state index contributed by atoms with van der Waals surface area (Å²) in [5, 5.41) is 121. The third kappa shape index (κ3) is 7.71. The number of aliphatic hydroxyl groups excluding tert-OH is 12. The first kappa shape index (κ1) is 36.1. The van der Waals surface area contributed by atoms with Gasteiger partial charge in [0, 0.05) is 0 Å². The SMILES string of the molecule is O=P(O)(O)OC1[C@H](O)[C@H](O)C(O[C@H]2O[C@H](COP(=O)(O)OC3[C@H](O)[C@H](O)C(O)[C@H](O)[C@H]3O)[C@@H](O)[C@H](O)[C@@H]2O)[C@H](O)[C@H]1O. The van der Waals surface area contributed by atoms with Crippen LogP contribution in [0, 0.1) is 0 Å². The zero-order chi connectivity index (χ0) is 32.1. The molecule has 0 bridgehead atoms. The second-order valence-electron chi connectivity index (χ2n) is 9.93. The van der Waals surface area contributed by atoms with E-state index in [1.807, 2.05) is 0 Å². The molecule has 24 heteroatoms. The Kier molecular flexibility index (Phi) is 11.7. The Bertz CT molecular complexity index is 966. The van der Waals surface area contributed by atoms with Gasteiger partial charge in [-0.15, -0.1) is 0 Å². The fourth-order valence-electron chi connectivity index (χ4n) is 4.62. The first-order valence-electron chi connectivity index (χ1n) is 12.1. The zero-order valence-corrected chi connectivity index (χ0v) is 22.8. The van der Waals surface area contributed by atoms with Crippen LogP contribution in [0.15, 0.2) is 0 Å². The Hall–Kier alpha value is -0.340. The molecule has 18 atom stereocenters. The summed E-state index contributed by atoms with van der Waals surface area (Å²) in [5.74, 6) is 0. The Labute approximate surface area is 235 Å². The van der Waals surface area contributed by atoms with Gasteiger partial charge >= 0.3 is 15.6 Å². The van der Waals surface area contributed by atoms with Crippen molar-refractivity contribution in [2.75, 3.05) is 6.61 Å². The summed E-state index contributed by atoms with van der Waals surface area (Å²) in [6.45, 7) is -1.18. The molecule has 22 nitrogen and oxygen atoms in total. The van der Waals surface area contributed by atoms with E-state index in [0.29, 0.717) is 0 Å². The molecular weight excluding hydrogens is 630 g/mol. The average Bonchev–Trinajstić information content (AvgIpc) is 2.91. The predicted molar refractivity (Wildman–Crippen MR) is 123 cm³/mol. The Morgan fingerprint density at radius 1 is 0.500 bits per heavy atom. The van der Waals surface area contributed by atoms with Crippen LogP contribution in [-0.2, 0) is 32.2 Å². The van der Waals surface area contributed by atoms with Crippen molar-refractivity contribution < 1.29 is 108 Å². The highest BCUT2D eigenvalue weighted by molar-refractivity contribution is 7.47. The summed E-state index contributed by atoms with van der Waals surface area (Å²) in [6.07, 6.45) is -36.7. The van der Waals surface area contributed by atoms with Crippen LogP contribution in [0.1, 0.15) is 0 Å². The molecule has 42 heavy (non-hydrogen) atoms. The monoisotopic (exact) mass is 664 g/mol. The van der Waals surface area contributed by atoms with E-state index >= 15 is 0 Å². The quantitative estimate of drug-likeness (QED) is 0.102. The maximum atomic E-state index is 12.4. The number of rotatable bonds is 9. The highest BCUT2D eigenvalue weighted by Crippen LogP contribution is 2.47. The van der Waals surface area contributed by atoms with Crippen LogP contribution in [0.4, 0.5) is 0 Å². The number of hydrogen-bond donors (Lipinski definition) is 15. The maximum Gasteiger partial charge on any atom is 0.472 e. The van der Waals surface area contributed by atoms with Crippen LogP contribution in [0.3, 0.4) is 0 Å². The zero-order valence-electron chi connectivity index (χ0n) is 21.0. The number of aliphatic hydroxyl groups is 12. The number of phosphoric ester groups is 2. The molecule has 1 aliphatic heterocycles. The van der Waals surface area contributed by atoms with Crippen molar-refractivity contribution in [2.24, 2.45) is 0 Å². The van der Waals surface area contributed by atoms with E-state index in [1.54, 1.807) is 0 Å². The van der Waals surface area contributed by atoms with Crippen LogP contribution in [0.5, 0.6) is 0 Å². The number of phosphoric acid groups is 2. The summed E-state index contributed by atoms with van der Waals surface area (Å²) in [5.41, 5.74) is 0. The molecule has 2 aliphatic carbocycles. The van der Waals surface area contributed by atoms with Gasteiger partial charge < -0.3 is 85.4 Å². The van der Waals surface area contributed by atoms with Gasteiger partial charge in [-0.1, -0.05) is 0 Å².